The summed E-state index contributed by atoms with van der Waals surface area (Å²) in [6.07, 6.45) is 0. The molecule has 0 saturated heterocycles. The molecule has 164 valence electrons. The van der Waals surface area contributed by atoms with Crippen LogP contribution in [0.2, 0.25) is 0 Å². The lowest BCUT2D eigenvalue weighted by molar-refractivity contribution is 0.0223. The molecule has 5 rings (SSSR count). The smallest absolute Gasteiger partial charge is 0.340 e. The molecule has 3 aromatic carbocycles. The van der Waals surface area contributed by atoms with Crippen LogP contribution in [0.25, 0.3) is 10.4 Å². The Morgan fingerprint density at radius 2 is 1.70 bits per heavy atom. The third-order valence-corrected chi connectivity index (χ3v) is 5.61. The number of benzene rings is 3. The van der Waals surface area contributed by atoms with E-state index in [0.29, 0.717) is 16.7 Å². The highest BCUT2D eigenvalue weighted by Gasteiger charge is 2.54. The summed E-state index contributed by atoms with van der Waals surface area (Å²) < 4.78 is 11.9. The summed E-state index contributed by atoms with van der Waals surface area (Å²) in [5.74, 6) is -0.824. The summed E-state index contributed by atoms with van der Waals surface area (Å²) in [7, 11) is 0. The predicted octanol–water partition coefficient (Wildman–Crippen LogP) is 3.71. The minimum atomic E-state index is -1.45. The van der Waals surface area contributed by atoms with Crippen molar-refractivity contribution >= 4 is 11.9 Å². The van der Waals surface area contributed by atoms with Gasteiger partial charge in [0.15, 0.2) is 5.60 Å². The van der Waals surface area contributed by atoms with E-state index >= 15 is 0 Å². The SMILES string of the molecule is [N-]=[N+]=NCCNC(=O)c1cccc2c1C(=O)OC21c2ccc(O)cc2Oc2cc(O)ccc21. The van der Waals surface area contributed by atoms with Crippen LogP contribution in [-0.4, -0.2) is 35.2 Å². The Hall–Kier alpha value is -4.69. The molecule has 1 amide bonds. The Kier molecular flexibility index (Phi) is 4.58. The summed E-state index contributed by atoms with van der Waals surface area (Å²) >= 11 is 0. The van der Waals surface area contributed by atoms with E-state index in [1.807, 2.05) is 0 Å². The van der Waals surface area contributed by atoms with Crippen molar-refractivity contribution < 1.29 is 29.3 Å². The van der Waals surface area contributed by atoms with Gasteiger partial charge < -0.3 is 25.0 Å². The number of esters is 1. The molecule has 10 nitrogen and oxygen atoms in total. The second kappa shape index (κ2) is 7.47. The van der Waals surface area contributed by atoms with E-state index in [2.05, 4.69) is 15.3 Å². The Morgan fingerprint density at radius 1 is 1.03 bits per heavy atom. The van der Waals surface area contributed by atoms with Crippen molar-refractivity contribution in [2.75, 3.05) is 13.1 Å². The van der Waals surface area contributed by atoms with E-state index in [-0.39, 0.29) is 47.2 Å². The first-order valence-electron chi connectivity index (χ1n) is 9.96. The number of carbonyl (C=O) groups excluding carboxylic acids is 2. The van der Waals surface area contributed by atoms with Crippen LogP contribution < -0.4 is 10.1 Å². The lowest BCUT2D eigenvalue weighted by Crippen LogP contribution is -2.33. The lowest BCUT2D eigenvalue weighted by atomic mass is 9.77. The Bertz CT molecular complexity index is 1330. The van der Waals surface area contributed by atoms with Crippen LogP contribution in [0.5, 0.6) is 23.0 Å². The maximum Gasteiger partial charge on any atom is 0.340 e. The van der Waals surface area contributed by atoms with Gasteiger partial charge in [-0.05, 0) is 35.9 Å². The molecule has 3 aromatic rings. The molecule has 0 bridgehead atoms. The number of fused-ring (bicyclic) bond motifs is 6. The highest BCUT2D eigenvalue weighted by atomic mass is 16.6. The fourth-order valence-corrected chi connectivity index (χ4v) is 4.30. The number of rotatable bonds is 4. The normalized spacial score (nSPS) is 14.2. The fraction of sp³-hybridized carbons (Fsp3) is 0.130. The van der Waals surface area contributed by atoms with Crippen LogP contribution in [-0.2, 0) is 10.3 Å². The monoisotopic (exact) mass is 444 g/mol. The van der Waals surface area contributed by atoms with Gasteiger partial charge in [-0.1, -0.05) is 17.2 Å². The molecule has 2 aliphatic heterocycles. The maximum atomic E-state index is 13.2. The van der Waals surface area contributed by atoms with Crippen molar-refractivity contribution in [2.45, 2.75) is 5.60 Å². The summed E-state index contributed by atoms with van der Waals surface area (Å²) in [4.78, 5) is 28.6. The number of aromatic hydroxyl groups is 2. The Labute approximate surface area is 186 Å². The third kappa shape index (κ3) is 3.00. The average molecular weight is 444 g/mol. The topological polar surface area (TPSA) is 154 Å². The number of hydrogen-bond acceptors (Lipinski definition) is 7. The first kappa shape index (κ1) is 20.2. The summed E-state index contributed by atoms with van der Waals surface area (Å²) in [5.41, 5.74) is 8.51. The van der Waals surface area contributed by atoms with Gasteiger partial charge in [0.05, 0.1) is 11.1 Å². The minimum Gasteiger partial charge on any atom is -0.508 e. The zero-order valence-corrected chi connectivity index (χ0v) is 17.0. The highest BCUT2D eigenvalue weighted by Crippen LogP contribution is 2.57. The molecule has 0 aromatic heterocycles. The van der Waals surface area contributed by atoms with E-state index in [4.69, 9.17) is 15.0 Å². The van der Waals surface area contributed by atoms with Gasteiger partial charge in [0, 0.05) is 46.8 Å². The van der Waals surface area contributed by atoms with Crippen molar-refractivity contribution in [1.29, 1.82) is 0 Å². The van der Waals surface area contributed by atoms with E-state index in [1.54, 1.807) is 24.3 Å². The van der Waals surface area contributed by atoms with E-state index in [9.17, 15) is 19.8 Å². The molecule has 0 aliphatic carbocycles. The molecular formula is C23H16N4O6. The number of ether oxygens (including phenoxy) is 2. The van der Waals surface area contributed by atoms with Crippen LogP contribution in [0, 0.1) is 0 Å². The first-order chi connectivity index (χ1) is 16.0. The van der Waals surface area contributed by atoms with Gasteiger partial charge in [0.25, 0.3) is 5.91 Å². The number of carbonyl (C=O) groups is 2. The third-order valence-electron chi connectivity index (χ3n) is 5.61. The van der Waals surface area contributed by atoms with Crippen LogP contribution in [0.1, 0.15) is 37.4 Å². The van der Waals surface area contributed by atoms with Crippen molar-refractivity contribution in [3.63, 3.8) is 0 Å². The van der Waals surface area contributed by atoms with Crippen molar-refractivity contribution in [2.24, 2.45) is 5.11 Å². The zero-order valence-electron chi connectivity index (χ0n) is 17.0. The van der Waals surface area contributed by atoms with Gasteiger partial charge in [-0.15, -0.1) is 0 Å². The van der Waals surface area contributed by atoms with Crippen LogP contribution >= 0.6 is 0 Å². The van der Waals surface area contributed by atoms with E-state index in [0.717, 1.165) is 0 Å². The molecular weight excluding hydrogens is 428 g/mol. The number of azide groups is 1. The zero-order chi connectivity index (χ0) is 23.2. The number of phenols is 2. The summed E-state index contributed by atoms with van der Waals surface area (Å²) in [6, 6.07) is 13.7. The van der Waals surface area contributed by atoms with Crippen LogP contribution in [0.15, 0.2) is 59.7 Å². The molecule has 0 saturated carbocycles. The molecule has 0 radical (unpaired) electrons. The Balaban J connectivity index is 1.71. The first-order valence-corrected chi connectivity index (χ1v) is 9.96. The number of phenolic OH excluding ortho intramolecular Hbond substituents is 2. The quantitative estimate of drug-likeness (QED) is 0.183. The van der Waals surface area contributed by atoms with Crippen molar-refractivity contribution in [1.82, 2.24) is 5.32 Å². The molecule has 0 fully saturated rings. The van der Waals surface area contributed by atoms with Gasteiger partial charge in [-0.3, -0.25) is 4.79 Å². The van der Waals surface area contributed by atoms with Gasteiger partial charge >= 0.3 is 5.97 Å². The van der Waals surface area contributed by atoms with Crippen molar-refractivity contribution in [3.8, 4) is 23.0 Å². The van der Waals surface area contributed by atoms with Crippen molar-refractivity contribution in [3.05, 3.63) is 92.9 Å². The molecule has 33 heavy (non-hydrogen) atoms. The average Bonchev–Trinajstić information content (AvgIpc) is 3.09. The second-order valence-electron chi connectivity index (χ2n) is 7.47. The lowest BCUT2D eigenvalue weighted by Gasteiger charge is -2.36. The fourth-order valence-electron chi connectivity index (χ4n) is 4.30. The second-order valence-corrected chi connectivity index (χ2v) is 7.47. The predicted molar refractivity (Wildman–Crippen MR) is 114 cm³/mol. The summed E-state index contributed by atoms with van der Waals surface area (Å²) in [5, 5.41) is 26.0. The number of nitrogens with one attached hydrogen (secondary N) is 1. The molecule has 3 N–H and O–H groups in total. The van der Waals surface area contributed by atoms with Gasteiger partial charge in [-0.2, -0.15) is 0 Å². The molecule has 0 unspecified atom stereocenters. The maximum absolute atomic E-state index is 13.2. The van der Waals surface area contributed by atoms with Gasteiger partial charge in [0.1, 0.15) is 23.0 Å². The van der Waals surface area contributed by atoms with Gasteiger partial charge in [-0.25, -0.2) is 4.79 Å². The molecule has 0 atom stereocenters. The standard InChI is InChI=1S/C23H16N4O6/c24-27-26-9-8-25-21(30)14-2-1-3-17-20(14)22(31)33-23(17)15-6-4-12(28)10-18(15)32-19-11-13(29)5-7-16(19)23/h1-7,10-11,28-29H,8-9H2,(H,25,30). The van der Waals surface area contributed by atoms with Crippen LogP contribution in [0.3, 0.4) is 0 Å². The number of hydrogen-bond donors (Lipinski definition) is 3. The Morgan fingerprint density at radius 3 is 2.33 bits per heavy atom. The summed E-state index contributed by atoms with van der Waals surface area (Å²) in [6.45, 7) is 0.168. The van der Waals surface area contributed by atoms with Crippen LogP contribution in [0.4, 0.5) is 0 Å². The van der Waals surface area contributed by atoms with E-state index in [1.165, 1.54) is 30.3 Å². The number of nitrogens with zero attached hydrogens (tertiary/aromatic N) is 3. The molecule has 1 spiro atoms. The molecule has 2 heterocycles. The molecule has 2 aliphatic rings. The van der Waals surface area contributed by atoms with E-state index < -0.39 is 17.5 Å². The van der Waals surface area contributed by atoms with Gasteiger partial charge in [0.2, 0.25) is 0 Å². The highest BCUT2D eigenvalue weighted by molar-refractivity contribution is 6.08. The molecule has 10 heteroatoms. The minimum absolute atomic E-state index is 0.0507. The number of amides is 1. The largest absolute Gasteiger partial charge is 0.508 e.